The molecule has 0 saturated heterocycles. The van der Waals surface area contributed by atoms with Gasteiger partial charge in [-0.25, -0.2) is 0 Å². The van der Waals surface area contributed by atoms with Gasteiger partial charge < -0.3 is 0 Å². The summed E-state index contributed by atoms with van der Waals surface area (Å²) in [7, 11) is 0. The Balaban J connectivity index is 2.35. The van der Waals surface area contributed by atoms with E-state index in [2.05, 4.69) is 25.1 Å². The van der Waals surface area contributed by atoms with Crippen LogP contribution in [0, 0.1) is 11.3 Å². The van der Waals surface area contributed by atoms with E-state index in [-0.39, 0.29) is 11.8 Å². The molecule has 0 aliphatic rings. The van der Waals surface area contributed by atoms with Crippen LogP contribution in [-0.2, 0) is 0 Å². The summed E-state index contributed by atoms with van der Waals surface area (Å²) in [4.78, 5) is 0. The van der Waals surface area contributed by atoms with Crippen LogP contribution in [0.1, 0.15) is 36.3 Å². The Bertz CT molecular complexity index is 510. The summed E-state index contributed by atoms with van der Waals surface area (Å²) in [6.45, 7) is 2.14. The van der Waals surface area contributed by atoms with Crippen LogP contribution >= 0.6 is 0 Å². The topological polar surface area (TPSA) is 23.8 Å². The van der Waals surface area contributed by atoms with Crippen LogP contribution in [0.4, 0.5) is 0 Å². The van der Waals surface area contributed by atoms with Crippen molar-refractivity contribution in [2.45, 2.75) is 25.2 Å². The Morgan fingerprint density at radius 3 is 1.83 bits per heavy atom. The van der Waals surface area contributed by atoms with Gasteiger partial charge in [-0.1, -0.05) is 67.6 Å². The third kappa shape index (κ3) is 2.60. The fraction of sp³-hybridized carbons (Fsp3) is 0.235. The minimum Gasteiger partial charge on any atom is -0.198 e. The molecule has 0 aliphatic carbocycles. The molecule has 1 heteroatoms. The highest BCUT2D eigenvalue weighted by Crippen LogP contribution is 2.34. The molecule has 0 unspecified atom stereocenters. The molecule has 0 saturated carbocycles. The summed E-state index contributed by atoms with van der Waals surface area (Å²) in [6, 6.07) is 22.8. The van der Waals surface area contributed by atoms with Gasteiger partial charge in [0.25, 0.3) is 0 Å². The molecule has 0 N–H and O–H groups in total. The standard InChI is InChI=1S/C17H17N/c1-2-16(14-9-5-3-6-10-14)17(13-18)15-11-7-4-8-12-15/h3-12,16-17H,2H2,1H3/t16-,17-/m0/s1. The summed E-state index contributed by atoms with van der Waals surface area (Å²) in [5, 5.41) is 9.49. The monoisotopic (exact) mass is 235 g/mol. The minimum absolute atomic E-state index is 0.0707. The van der Waals surface area contributed by atoms with Crippen LogP contribution < -0.4 is 0 Å². The van der Waals surface area contributed by atoms with Crippen molar-refractivity contribution in [3.8, 4) is 6.07 Å². The molecule has 2 rings (SSSR count). The van der Waals surface area contributed by atoms with Gasteiger partial charge in [0, 0.05) is 5.92 Å². The highest BCUT2D eigenvalue weighted by molar-refractivity contribution is 5.32. The van der Waals surface area contributed by atoms with Crippen molar-refractivity contribution >= 4 is 0 Å². The molecule has 0 fully saturated rings. The molecule has 0 heterocycles. The van der Waals surface area contributed by atoms with E-state index in [1.165, 1.54) is 5.56 Å². The zero-order chi connectivity index (χ0) is 12.8. The number of rotatable bonds is 4. The lowest BCUT2D eigenvalue weighted by molar-refractivity contribution is 0.607. The second-order valence-electron chi connectivity index (χ2n) is 4.44. The molecule has 1 nitrogen and oxygen atoms in total. The summed E-state index contributed by atoms with van der Waals surface area (Å²) < 4.78 is 0. The molecule has 2 aromatic carbocycles. The zero-order valence-electron chi connectivity index (χ0n) is 10.6. The molecular formula is C17H17N. The van der Waals surface area contributed by atoms with E-state index in [1.54, 1.807) is 0 Å². The lowest BCUT2D eigenvalue weighted by Crippen LogP contribution is -2.09. The van der Waals surface area contributed by atoms with Crippen molar-refractivity contribution in [1.82, 2.24) is 0 Å². The van der Waals surface area contributed by atoms with E-state index in [0.717, 1.165) is 12.0 Å². The lowest BCUT2D eigenvalue weighted by Gasteiger charge is -2.21. The summed E-state index contributed by atoms with van der Waals surface area (Å²) >= 11 is 0. The van der Waals surface area contributed by atoms with E-state index in [1.807, 2.05) is 48.5 Å². The minimum atomic E-state index is -0.0707. The molecule has 2 aromatic rings. The van der Waals surface area contributed by atoms with Crippen LogP contribution in [-0.4, -0.2) is 0 Å². The number of hydrogen-bond donors (Lipinski definition) is 0. The second kappa shape index (κ2) is 6.02. The van der Waals surface area contributed by atoms with Crippen LogP contribution in [0.3, 0.4) is 0 Å². The molecule has 0 amide bonds. The molecule has 2 atom stereocenters. The number of benzene rings is 2. The van der Waals surface area contributed by atoms with E-state index < -0.39 is 0 Å². The summed E-state index contributed by atoms with van der Waals surface area (Å²) in [5.41, 5.74) is 2.35. The van der Waals surface area contributed by atoms with Gasteiger partial charge in [0.2, 0.25) is 0 Å². The van der Waals surface area contributed by atoms with Crippen LogP contribution in [0.2, 0.25) is 0 Å². The number of hydrogen-bond acceptors (Lipinski definition) is 1. The van der Waals surface area contributed by atoms with Gasteiger partial charge in [-0.15, -0.1) is 0 Å². The van der Waals surface area contributed by atoms with Crippen molar-refractivity contribution in [2.24, 2.45) is 0 Å². The Labute approximate surface area is 109 Å². The first-order valence-electron chi connectivity index (χ1n) is 6.36. The van der Waals surface area contributed by atoms with E-state index in [0.29, 0.717) is 0 Å². The lowest BCUT2D eigenvalue weighted by atomic mass is 9.81. The van der Waals surface area contributed by atoms with Crippen molar-refractivity contribution in [1.29, 1.82) is 5.26 Å². The Morgan fingerprint density at radius 1 is 0.889 bits per heavy atom. The summed E-state index contributed by atoms with van der Waals surface area (Å²) in [6.07, 6.45) is 0.969. The highest BCUT2D eigenvalue weighted by Gasteiger charge is 2.22. The summed E-state index contributed by atoms with van der Waals surface area (Å²) in [5.74, 6) is 0.192. The third-order valence-corrected chi connectivity index (χ3v) is 3.37. The second-order valence-corrected chi connectivity index (χ2v) is 4.44. The molecule has 0 spiro atoms. The molecule has 0 radical (unpaired) electrons. The number of nitriles is 1. The van der Waals surface area contributed by atoms with Crippen molar-refractivity contribution in [3.05, 3.63) is 71.8 Å². The SMILES string of the molecule is CC[C@@H](c1ccccc1)[C@@H](C#N)c1ccccc1. The van der Waals surface area contributed by atoms with Crippen LogP contribution in [0.15, 0.2) is 60.7 Å². The molecule has 0 aliphatic heterocycles. The van der Waals surface area contributed by atoms with Gasteiger partial charge in [-0.3, -0.25) is 0 Å². The van der Waals surface area contributed by atoms with Gasteiger partial charge in [-0.05, 0) is 17.5 Å². The van der Waals surface area contributed by atoms with E-state index in [4.69, 9.17) is 0 Å². The third-order valence-electron chi connectivity index (χ3n) is 3.37. The van der Waals surface area contributed by atoms with Gasteiger partial charge >= 0.3 is 0 Å². The Morgan fingerprint density at radius 2 is 1.39 bits per heavy atom. The predicted octanol–water partition coefficient (Wildman–Crippen LogP) is 4.49. The zero-order valence-corrected chi connectivity index (χ0v) is 10.6. The molecular weight excluding hydrogens is 218 g/mol. The van der Waals surface area contributed by atoms with Gasteiger partial charge in [0.15, 0.2) is 0 Å². The Kier molecular flexibility index (Phi) is 4.15. The van der Waals surface area contributed by atoms with E-state index in [9.17, 15) is 5.26 Å². The van der Waals surface area contributed by atoms with Crippen molar-refractivity contribution < 1.29 is 0 Å². The van der Waals surface area contributed by atoms with Gasteiger partial charge in [0.1, 0.15) is 0 Å². The molecule has 90 valence electrons. The normalized spacial score (nSPS) is 13.6. The maximum Gasteiger partial charge on any atom is 0.0781 e. The number of nitrogens with zero attached hydrogens (tertiary/aromatic N) is 1. The highest BCUT2D eigenvalue weighted by atomic mass is 14.3. The van der Waals surface area contributed by atoms with E-state index >= 15 is 0 Å². The first-order valence-corrected chi connectivity index (χ1v) is 6.36. The quantitative estimate of drug-likeness (QED) is 0.766. The maximum atomic E-state index is 9.49. The van der Waals surface area contributed by atoms with Gasteiger partial charge in [-0.2, -0.15) is 5.26 Å². The molecule has 0 aromatic heterocycles. The average Bonchev–Trinajstić information content (AvgIpc) is 2.46. The first kappa shape index (κ1) is 12.4. The maximum absolute atomic E-state index is 9.49. The fourth-order valence-corrected chi connectivity index (χ4v) is 2.42. The largest absolute Gasteiger partial charge is 0.198 e. The van der Waals surface area contributed by atoms with Crippen LogP contribution in [0.5, 0.6) is 0 Å². The molecule has 0 bridgehead atoms. The fourth-order valence-electron chi connectivity index (χ4n) is 2.42. The van der Waals surface area contributed by atoms with Crippen molar-refractivity contribution in [3.63, 3.8) is 0 Å². The average molecular weight is 235 g/mol. The smallest absolute Gasteiger partial charge is 0.0781 e. The van der Waals surface area contributed by atoms with Gasteiger partial charge in [0.05, 0.1) is 12.0 Å². The first-order chi connectivity index (χ1) is 8.86. The van der Waals surface area contributed by atoms with Crippen molar-refractivity contribution in [2.75, 3.05) is 0 Å². The Hall–Kier alpha value is -2.07. The predicted molar refractivity (Wildman–Crippen MR) is 74.3 cm³/mol. The van der Waals surface area contributed by atoms with Crippen LogP contribution in [0.25, 0.3) is 0 Å². The molecule has 18 heavy (non-hydrogen) atoms.